The summed E-state index contributed by atoms with van der Waals surface area (Å²) in [6.45, 7) is 2.29. The van der Waals surface area contributed by atoms with Crippen molar-refractivity contribution in [2.45, 2.75) is 70.5 Å². The van der Waals surface area contributed by atoms with Crippen LogP contribution in [0.15, 0.2) is 78.9 Å². The van der Waals surface area contributed by atoms with E-state index in [1.54, 1.807) is 23.1 Å². The van der Waals surface area contributed by atoms with Crippen LogP contribution in [0.4, 0.5) is 4.39 Å². The minimum atomic E-state index is -0.700. The normalized spacial score (nSPS) is 14.7. The number of aryl methyl sites for hydroxylation is 1. The Morgan fingerprint density at radius 3 is 2.33 bits per heavy atom. The number of carbonyl (C=O) groups is 2. The number of hydrogen-bond acceptors (Lipinski definition) is 2. The summed E-state index contributed by atoms with van der Waals surface area (Å²) in [6, 6.07) is 23.5. The number of halogens is 1. The maximum atomic E-state index is 14.5. The minimum absolute atomic E-state index is 0.0967. The molecule has 0 aromatic heterocycles. The molecular weight excluding hydrogens is 451 g/mol. The highest BCUT2D eigenvalue weighted by Gasteiger charge is 2.32. The summed E-state index contributed by atoms with van der Waals surface area (Å²) >= 11 is 0. The van der Waals surface area contributed by atoms with E-state index in [1.807, 2.05) is 61.5 Å². The van der Waals surface area contributed by atoms with Crippen molar-refractivity contribution in [1.82, 2.24) is 10.2 Å². The first-order chi connectivity index (χ1) is 17.5. The first kappa shape index (κ1) is 25.6. The Kier molecular flexibility index (Phi) is 8.88. The molecule has 36 heavy (non-hydrogen) atoms. The van der Waals surface area contributed by atoms with E-state index in [9.17, 15) is 14.0 Å². The largest absolute Gasteiger partial charge is 0.352 e. The summed E-state index contributed by atoms with van der Waals surface area (Å²) in [5, 5.41) is 3.24. The molecule has 0 bridgehead atoms. The quantitative estimate of drug-likeness (QED) is 0.418. The van der Waals surface area contributed by atoms with Gasteiger partial charge in [0.05, 0.1) is 6.42 Å². The second-order valence-corrected chi connectivity index (χ2v) is 9.83. The molecule has 3 aromatic rings. The average molecular weight is 487 g/mol. The highest BCUT2D eigenvalue weighted by Crippen LogP contribution is 2.21. The molecule has 1 unspecified atom stereocenters. The van der Waals surface area contributed by atoms with Gasteiger partial charge in [-0.25, -0.2) is 4.39 Å². The monoisotopic (exact) mass is 486 g/mol. The molecule has 5 heteroatoms. The topological polar surface area (TPSA) is 49.4 Å². The number of nitrogens with zero attached hydrogens (tertiary/aromatic N) is 1. The molecule has 0 spiro atoms. The third-order valence-corrected chi connectivity index (χ3v) is 6.96. The van der Waals surface area contributed by atoms with E-state index in [4.69, 9.17) is 0 Å². The molecule has 1 saturated carbocycles. The van der Waals surface area contributed by atoms with E-state index < -0.39 is 11.9 Å². The third kappa shape index (κ3) is 7.03. The lowest BCUT2D eigenvalue weighted by Gasteiger charge is -2.33. The fraction of sp³-hybridized carbons (Fsp3) is 0.355. The van der Waals surface area contributed by atoms with Crippen LogP contribution in [0.25, 0.3) is 0 Å². The fourth-order valence-electron chi connectivity index (χ4n) is 5.01. The second-order valence-electron chi connectivity index (χ2n) is 9.83. The van der Waals surface area contributed by atoms with Crippen molar-refractivity contribution in [2.24, 2.45) is 0 Å². The Morgan fingerprint density at radius 2 is 1.61 bits per heavy atom. The molecule has 0 saturated heterocycles. The molecule has 3 aromatic carbocycles. The molecule has 188 valence electrons. The number of benzene rings is 3. The summed E-state index contributed by atoms with van der Waals surface area (Å²) in [5.74, 6) is -0.811. The summed E-state index contributed by atoms with van der Waals surface area (Å²) in [6.07, 6.45) is 5.63. The smallest absolute Gasteiger partial charge is 0.243 e. The molecule has 1 aliphatic carbocycles. The maximum Gasteiger partial charge on any atom is 0.243 e. The minimum Gasteiger partial charge on any atom is -0.352 e. The van der Waals surface area contributed by atoms with Crippen LogP contribution in [0, 0.1) is 12.7 Å². The predicted octanol–water partition coefficient (Wildman–Crippen LogP) is 5.77. The molecule has 0 radical (unpaired) electrons. The van der Waals surface area contributed by atoms with Gasteiger partial charge in [-0.15, -0.1) is 0 Å². The molecule has 1 atom stereocenters. The summed E-state index contributed by atoms with van der Waals surface area (Å²) < 4.78 is 14.5. The third-order valence-electron chi connectivity index (χ3n) is 6.96. The Balaban J connectivity index is 1.66. The Bertz CT molecular complexity index is 1160. The van der Waals surface area contributed by atoms with Gasteiger partial charge in [0.25, 0.3) is 0 Å². The number of nitrogens with one attached hydrogen (secondary N) is 1. The first-order valence-corrected chi connectivity index (χ1v) is 12.9. The summed E-state index contributed by atoms with van der Waals surface area (Å²) in [5.41, 5.74) is 3.35. The Labute approximate surface area is 213 Å². The van der Waals surface area contributed by atoms with Crippen molar-refractivity contribution < 1.29 is 14.0 Å². The highest BCUT2D eigenvalue weighted by molar-refractivity contribution is 5.89. The second kappa shape index (κ2) is 12.5. The van der Waals surface area contributed by atoms with Gasteiger partial charge in [0.2, 0.25) is 11.8 Å². The zero-order valence-corrected chi connectivity index (χ0v) is 21.0. The molecule has 1 aliphatic rings. The van der Waals surface area contributed by atoms with E-state index in [1.165, 1.54) is 12.5 Å². The number of carbonyl (C=O) groups excluding carboxylic acids is 2. The van der Waals surface area contributed by atoms with Gasteiger partial charge in [-0.3, -0.25) is 9.59 Å². The molecule has 0 aliphatic heterocycles. The van der Waals surface area contributed by atoms with Gasteiger partial charge in [-0.1, -0.05) is 97.6 Å². The van der Waals surface area contributed by atoms with E-state index in [0.29, 0.717) is 12.0 Å². The van der Waals surface area contributed by atoms with Crippen LogP contribution in [0.2, 0.25) is 0 Å². The molecule has 4 nitrogen and oxygen atoms in total. The summed E-state index contributed by atoms with van der Waals surface area (Å²) in [4.78, 5) is 29.2. The Hall–Kier alpha value is -3.47. The number of hydrogen-bond donors (Lipinski definition) is 1. The van der Waals surface area contributed by atoms with Crippen LogP contribution in [0.5, 0.6) is 0 Å². The van der Waals surface area contributed by atoms with Crippen LogP contribution in [-0.4, -0.2) is 28.8 Å². The standard InChI is InChI=1S/C31H35FN2O2/c1-23-11-10-14-25(19-23)22-34(30(35)21-26-15-8-9-18-28(26)32)29(20-24-12-4-2-5-13-24)31(36)33-27-16-6-3-7-17-27/h2,4-5,8-15,18-19,27,29H,3,6-7,16-17,20-22H2,1H3,(H,33,36). The van der Waals surface area contributed by atoms with Crippen molar-refractivity contribution in [3.05, 3.63) is 107 Å². The van der Waals surface area contributed by atoms with Crippen LogP contribution in [0.3, 0.4) is 0 Å². The van der Waals surface area contributed by atoms with Gasteiger partial charge in [-0.2, -0.15) is 0 Å². The zero-order valence-electron chi connectivity index (χ0n) is 21.0. The Morgan fingerprint density at radius 1 is 0.917 bits per heavy atom. The van der Waals surface area contributed by atoms with Gasteiger partial charge < -0.3 is 10.2 Å². The van der Waals surface area contributed by atoms with E-state index in [2.05, 4.69) is 5.32 Å². The predicted molar refractivity (Wildman–Crippen MR) is 141 cm³/mol. The van der Waals surface area contributed by atoms with Gasteiger partial charge in [0.15, 0.2) is 0 Å². The molecular formula is C31H35FN2O2. The van der Waals surface area contributed by atoms with Crippen molar-refractivity contribution in [3.63, 3.8) is 0 Å². The van der Waals surface area contributed by atoms with Crippen molar-refractivity contribution in [3.8, 4) is 0 Å². The van der Waals surface area contributed by atoms with Crippen LogP contribution in [0.1, 0.15) is 54.4 Å². The SMILES string of the molecule is Cc1cccc(CN(C(=O)Cc2ccccc2F)C(Cc2ccccc2)C(=O)NC2CCCCC2)c1. The average Bonchev–Trinajstić information content (AvgIpc) is 2.88. The van der Waals surface area contributed by atoms with E-state index in [-0.39, 0.29) is 30.8 Å². The lowest BCUT2D eigenvalue weighted by atomic mass is 9.94. The van der Waals surface area contributed by atoms with Crippen molar-refractivity contribution >= 4 is 11.8 Å². The molecule has 2 amide bonds. The fourth-order valence-corrected chi connectivity index (χ4v) is 5.01. The molecule has 4 rings (SSSR count). The van der Waals surface area contributed by atoms with E-state index in [0.717, 1.165) is 42.4 Å². The van der Waals surface area contributed by atoms with Crippen molar-refractivity contribution in [2.75, 3.05) is 0 Å². The number of amides is 2. The molecule has 0 heterocycles. The lowest BCUT2D eigenvalue weighted by molar-refractivity contribution is -0.141. The van der Waals surface area contributed by atoms with Gasteiger partial charge in [-0.05, 0) is 42.5 Å². The molecule has 1 N–H and O–H groups in total. The summed E-state index contributed by atoms with van der Waals surface area (Å²) in [7, 11) is 0. The van der Waals surface area contributed by atoms with Gasteiger partial charge in [0, 0.05) is 19.0 Å². The van der Waals surface area contributed by atoms with Crippen LogP contribution < -0.4 is 5.32 Å². The maximum absolute atomic E-state index is 14.5. The highest BCUT2D eigenvalue weighted by atomic mass is 19.1. The van der Waals surface area contributed by atoms with Gasteiger partial charge >= 0.3 is 0 Å². The zero-order chi connectivity index (χ0) is 25.3. The van der Waals surface area contributed by atoms with Crippen LogP contribution in [-0.2, 0) is 29.0 Å². The van der Waals surface area contributed by atoms with Crippen molar-refractivity contribution in [1.29, 1.82) is 0 Å². The lowest BCUT2D eigenvalue weighted by Crippen LogP contribution is -2.53. The van der Waals surface area contributed by atoms with E-state index >= 15 is 0 Å². The number of rotatable bonds is 9. The van der Waals surface area contributed by atoms with Gasteiger partial charge in [0.1, 0.15) is 11.9 Å². The molecule has 1 fully saturated rings. The first-order valence-electron chi connectivity index (χ1n) is 12.9. The van der Waals surface area contributed by atoms with Crippen LogP contribution >= 0.6 is 0 Å².